The zero-order valence-electron chi connectivity index (χ0n) is 19.0. The Morgan fingerprint density at radius 2 is 1.35 bits per heavy atom. The van der Waals surface area contributed by atoms with Crippen LogP contribution in [0.3, 0.4) is 0 Å². The minimum absolute atomic E-state index is 0.250. The summed E-state index contributed by atoms with van der Waals surface area (Å²) in [5.74, 6) is 0.206. The van der Waals surface area contributed by atoms with Crippen molar-refractivity contribution in [2.45, 2.75) is 71.6 Å². The third-order valence-corrected chi connectivity index (χ3v) is 4.95. The van der Waals surface area contributed by atoms with Crippen molar-refractivity contribution >= 4 is 17.3 Å². The van der Waals surface area contributed by atoms with Gasteiger partial charge in [-0.3, -0.25) is 4.79 Å². The number of rotatable bonds is 15. The molecule has 2 aromatic carbocycles. The maximum Gasteiger partial charge on any atom is 0.313 e. The normalized spacial score (nSPS) is 11.2. The van der Waals surface area contributed by atoms with Crippen LogP contribution in [0.1, 0.15) is 70.8 Å². The molecule has 0 bridgehead atoms. The van der Waals surface area contributed by atoms with Gasteiger partial charge in [-0.2, -0.15) is 10.2 Å². The summed E-state index contributed by atoms with van der Waals surface area (Å²) >= 11 is 0. The summed E-state index contributed by atoms with van der Waals surface area (Å²) in [5.41, 5.74) is 2.88. The number of unbranched alkanes of at least 4 members (excludes halogenated alkanes) is 5. The molecule has 0 fully saturated rings. The maximum absolute atomic E-state index is 11.8. The highest BCUT2D eigenvalue weighted by atomic mass is 16.5. The molecule has 0 N–H and O–H groups in total. The second-order valence-corrected chi connectivity index (χ2v) is 7.71. The molecule has 0 radical (unpaired) electrons. The number of ether oxygens (including phenoxy) is 2. The molecule has 0 spiro atoms. The Morgan fingerprint density at radius 1 is 0.742 bits per heavy atom. The van der Waals surface area contributed by atoms with E-state index < -0.39 is 0 Å². The quantitative estimate of drug-likeness (QED) is 0.127. The molecular weight excluding hydrogens is 388 g/mol. The molecule has 0 atom stereocenters. The monoisotopic (exact) mass is 424 g/mol. The van der Waals surface area contributed by atoms with Crippen LogP contribution in [0.4, 0.5) is 11.4 Å². The van der Waals surface area contributed by atoms with E-state index >= 15 is 0 Å². The fourth-order valence-electron chi connectivity index (χ4n) is 3.04. The smallest absolute Gasteiger partial charge is 0.313 e. The van der Waals surface area contributed by atoms with Crippen LogP contribution in [-0.2, 0) is 16.0 Å². The van der Waals surface area contributed by atoms with E-state index in [-0.39, 0.29) is 12.4 Å². The Kier molecular flexibility index (Phi) is 12.2. The van der Waals surface area contributed by atoms with Crippen molar-refractivity contribution in [1.82, 2.24) is 0 Å². The van der Waals surface area contributed by atoms with Gasteiger partial charge >= 0.3 is 5.97 Å². The first-order valence-electron chi connectivity index (χ1n) is 11.6. The van der Waals surface area contributed by atoms with Crippen molar-refractivity contribution in [3.63, 3.8) is 0 Å². The van der Waals surface area contributed by atoms with E-state index in [0.29, 0.717) is 24.7 Å². The summed E-state index contributed by atoms with van der Waals surface area (Å²) in [6.07, 6.45) is 9.93. The van der Waals surface area contributed by atoms with Crippen LogP contribution in [0, 0.1) is 0 Å². The van der Waals surface area contributed by atoms with Crippen molar-refractivity contribution in [2.24, 2.45) is 10.2 Å². The molecule has 2 rings (SSSR count). The predicted molar refractivity (Wildman–Crippen MR) is 126 cm³/mol. The van der Waals surface area contributed by atoms with Gasteiger partial charge in [0.25, 0.3) is 0 Å². The molecule has 31 heavy (non-hydrogen) atoms. The van der Waals surface area contributed by atoms with E-state index in [4.69, 9.17) is 9.47 Å². The highest BCUT2D eigenvalue weighted by Crippen LogP contribution is 2.22. The first-order chi connectivity index (χ1) is 15.2. The van der Waals surface area contributed by atoms with E-state index in [1.54, 1.807) is 24.3 Å². The molecule has 0 unspecified atom stereocenters. The average Bonchev–Trinajstić information content (AvgIpc) is 2.79. The van der Waals surface area contributed by atoms with Gasteiger partial charge in [0.2, 0.25) is 0 Å². The van der Waals surface area contributed by atoms with E-state index in [2.05, 4.69) is 36.2 Å². The minimum atomic E-state index is -0.295. The van der Waals surface area contributed by atoms with Crippen LogP contribution < -0.4 is 4.74 Å². The Hall–Kier alpha value is -2.53. The van der Waals surface area contributed by atoms with Crippen molar-refractivity contribution in [1.29, 1.82) is 0 Å². The van der Waals surface area contributed by atoms with Crippen molar-refractivity contribution in [2.75, 3.05) is 13.2 Å². The zero-order valence-corrected chi connectivity index (χ0v) is 19.0. The van der Waals surface area contributed by atoms with Crippen LogP contribution in [0.5, 0.6) is 5.75 Å². The summed E-state index contributed by atoms with van der Waals surface area (Å²) in [7, 11) is 0. The second-order valence-electron chi connectivity index (χ2n) is 7.71. The lowest BCUT2D eigenvalue weighted by Crippen LogP contribution is -2.11. The average molecular weight is 425 g/mol. The fourth-order valence-corrected chi connectivity index (χ4v) is 3.04. The lowest BCUT2D eigenvalue weighted by Gasteiger charge is -2.05. The van der Waals surface area contributed by atoms with Crippen molar-refractivity contribution < 1.29 is 14.3 Å². The molecule has 0 aliphatic heterocycles. The van der Waals surface area contributed by atoms with Gasteiger partial charge in [-0.15, -0.1) is 0 Å². The van der Waals surface area contributed by atoms with Gasteiger partial charge in [0.1, 0.15) is 5.75 Å². The molecule has 0 aromatic heterocycles. The van der Waals surface area contributed by atoms with E-state index in [0.717, 1.165) is 24.9 Å². The van der Waals surface area contributed by atoms with E-state index in [1.807, 2.05) is 12.1 Å². The summed E-state index contributed by atoms with van der Waals surface area (Å²) in [5, 5.41) is 8.56. The van der Waals surface area contributed by atoms with Crippen LogP contribution in [0.15, 0.2) is 58.8 Å². The number of aryl methyl sites for hydroxylation is 1. The van der Waals surface area contributed by atoms with Gasteiger partial charge in [0.05, 0.1) is 24.4 Å². The Balaban J connectivity index is 1.73. The number of hydrogen-bond donors (Lipinski definition) is 0. The molecular formula is C26H36N2O3. The lowest BCUT2D eigenvalue weighted by molar-refractivity contribution is -0.135. The van der Waals surface area contributed by atoms with Gasteiger partial charge in [-0.25, -0.2) is 0 Å². The fraction of sp³-hybridized carbons (Fsp3) is 0.500. The largest absolute Gasteiger partial charge is 0.426 e. The van der Waals surface area contributed by atoms with Gasteiger partial charge in [0, 0.05) is 6.61 Å². The number of nitrogens with zero attached hydrogens (tertiary/aromatic N) is 2. The predicted octanol–water partition coefficient (Wildman–Crippen LogP) is 7.73. The van der Waals surface area contributed by atoms with E-state index in [9.17, 15) is 4.79 Å². The molecule has 2 aromatic rings. The van der Waals surface area contributed by atoms with Gasteiger partial charge in [-0.05, 0) is 61.2 Å². The van der Waals surface area contributed by atoms with Crippen molar-refractivity contribution in [3.8, 4) is 5.75 Å². The van der Waals surface area contributed by atoms with Gasteiger partial charge < -0.3 is 9.47 Å². The summed E-state index contributed by atoms with van der Waals surface area (Å²) < 4.78 is 10.7. The van der Waals surface area contributed by atoms with Crippen LogP contribution in [0.25, 0.3) is 0 Å². The molecule has 0 saturated heterocycles. The summed E-state index contributed by atoms with van der Waals surface area (Å²) in [6, 6.07) is 15.3. The molecule has 0 amide bonds. The number of hydrogen-bond acceptors (Lipinski definition) is 5. The first-order valence-corrected chi connectivity index (χ1v) is 11.6. The van der Waals surface area contributed by atoms with Crippen molar-refractivity contribution in [3.05, 3.63) is 54.1 Å². The van der Waals surface area contributed by atoms with Crippen LogP contribution in [0.2, 0.25) is 0 Å². The van der Waals surface area contributed by atoms with Crippen LogP contribution >= 0.6 is 0 Å². The third kappa shape index (κ3) is 10.9. The SMILES string of the molecule is CCCCCCCc1ccc(/N=N/c2ccc(OC(=O)CCOCCCC)cc2)cc1. The van der Waals surface area contributed by atoms with Gasteiger partial charge in [0.15, 0.2) is 0 Å². The molecule has 5 heteroatoms. The Morgan fingerprint density at radius 3 is 2.00 bits per heavy atom. The topological polar surface area (TPSA) is 60.2 Å². The zero-order chi connectivity index (χ0) is 22.2. The van der Waals surface area contributed by atoms with E-state index in [1.165, 1.54) is 37.7 Å². The maximum atomic E-state index is 11.8. The molecule has 0 aliphatic carbocycles. The molecule has 5 nitrogen and oxygen atoms in total. The number of carbonyl (C=O) groups is 1. The first kappa shape index (κ1) is 24.7. The molecule has 0 heterocycles. The highest BCUT2D eigenvalue weighted by Gasteiger charge is 2.05. The lowest BCUT2D eigenvalue weighted by atomic mass is 10.1. The van der Waals surface area contributed by atoms with Crippen LogP contribution in [-0.4, -0.2) is 19.2 Å². The highest BCUT2D eigenvalue weighted by molar-refractivity contribution is 5.72. The number of benzene rings is 2. The molecule has 0 aliphatic rings. The van der Waals surface area contributed by atoms with Gasteiger partial charge in [-0.1, -0.05) is 58.1 Å². The third-order valence-electron chi connectivity index (χ3n) is 4.95. The molecule has 0 saturated carbocycles. The Labute approximate surface area is 186 Å². The Bertz CT molecular complexity index is 770. The summed E-state index contributed by atoms with van der Waals surface area (Å²) in [6.45, 7) is 5.42. The number of carbonyl (C=O) groups excluding carboxylic acids is 1. The standard InChI is InChI=1S/C26H36N2O3/c1-3-5-7-8-9-10-22-11-13-23(14-12-22)27-28-24-15-17-25(18-16-24)31-26(29)19-21-30-20-6-4-2/h11-18H,3-10,19-21H2,1-2H3/b28-27+. The minimum Gasteiger partial charge on any atom is -0.426 e. The number of azo groups is 1. The summed E-state index contributed by atoms with van der Waals surface area (Å²) in [4.78, 5) is 11.8. The number of esters is 1. The second kappa shape index (κ2) is 15.3. The molecule has 168 valence electrons.